The average Bonchev–Trinajstić information content (AvgIpc) is 3.18. The lowest BCUT2D eigenvalue weighted by Gasteiger charge is -2.07. The van der Waals surface area contributed by atoms with E-state index < -0.39 is 17.7 Å². The van der Waals surface area contributed by atoms with Crippen molar-refractivity contribution in [1.82, 2.24) is 0 Å². The van der Waals surface area contributed by atoms with Crippen LogP contribution in [-0.2, 0) is 15.1 Å². The van der Waals surface area contributed by atoms with Crippen LogP contribution in [0.4, 0.5) is 0 Å². The van der Waals surface area contributed by atoms with Gasteiger partial charge in [0.15, 0.2) is 0 Å². The summed E-state index contributed by atoms with van der Waals surface area (Å²) >= 11 is 0. The molecule has 0 spiro atoms. The zero-order valence-electron chi connectivity index (χ0n) is 9.61. The van der Waals surface area contributed by atoms with Crippen molar-refractivity contribution in [3.05, 3.63) is 71.8 Å². The Morgan fingerprint density at radius 2 is 1.56 bits per heavy atom. The van der Waals surface area contributed by atoms with Gasteiger partial charge in [-0.25, -0.2) is 4.79 Å². The first kappa shape index (κ1) is 11.0. The number of aliphatic carboxylic acids is 1. The molecule has 18 heavy (non-hydrogen) atoms. The molecule has 1 saturated heterocycles. The van der Waals surface area contributed by atoms with Crippen LogP contribution in [0.3, 0.4) is 0 Å². The molecule has 0 aromatic heterocycles. The highest BCUT2D eigenvalue weighted by Gasteiger charge is 2.65. The lowest BCUT2D eigenvalue weighted by Crippen LogP contribution is -2.22. The Kier molecular flexibility index (Phi) is 2.42. The minimum atomic E-state index is -1.22. The first-order valence-electron chi connectivity index (χ1n) is 5.77. The fourth-order valence-electron chi connectivity index (χ4n) is 2.27. The van der Waals surface area contributed by atoms with E-state index >= 15 is 0 Å². The molecular weight excluding hydrogens is 228 g/mol. The van der Waals surface area contributed by atoms with Crippen molar-refractivity contribution in [1.29, 1.82) is 0 Å². The topological polar surface area (TPSA) is 49.8 Å². The molecule has 1 fully saturated rings. The van der Waals surface area contributed by atoms with Gasteiger partial charge in [0.25, 0.3) is 0 Å². The summed E-state index contributed by atoms with van der Waals surface area (Å²) in [5, 5.41) is 9.46. The number of ether oxygens (including phenoxy) is 1. The van der Waals surface area contributed by atoms with E-state index in [1.54, 1.807) is 12.1 Å². The molecule has 1 N–H and O–H groups in total. The van der Waals surface area contributed by atoms with Gasteiger partial charge in [-0.05, 0) is 11.1 Å². The highest BCUT2D eigenvalue weighted by Crippen LogP contribution is 2.57. The van der Waals surface area contributed by atoms with Crippen molar-refractivity contribution in [3.8, 4) is 0 Å². The van der Waals surface area contributed by atoms with Crippen LogP contribution in [0.15, 0.2) is 60.7 Å². The first-order chi connectivity index (χ1) is 8.75. The first-order valence-corrected chi connectivity index (χ1v) is 5.77. The van der Waals surface area contributed by atoms with Crippen molar-refractivity contribution in [2.45, 2.75) is 11.7 Å². The number of carbonyl (C=O) groups is 1. The molecule has 2 aromatic rings. The fourth-order valence-corrected chi connectivity index (χ4v) is 2.27. The summed E-state index contributed by atoms with van der Waals surface area (Å²) in [5.41, 5.74) is 0.359. The summed E-state index contributed by atoms with van der Waals surface area (Å²) in [5.74, 6) is -0.942. The van der Waals surface area contributed by atoms with Crippen molar-refractivity contribution in [2.24, 2.45) is 0 Å². The third kappa shape index (κ3) is 1.52. The van der Waals surface area contributed by atoms with E-state index in [1.165, 1.54) is 0 Å². The number of hydrogen-bond acceptors (Lipinski definition) is 2. The van der Waals surface area contributed by atoms with Gasteiger partial charge < -0.3 is 9.84 Å². The molecule has 1 aliphatic heterocycles. The van der Waals surface area contributed by atoms with Crippen LogP contribution in [0, 0.1) is 0 Å². The maximum absolute atomic E-state index is 11.5. The normalized spacial score (nSPS) is 25.7. The Morgan fingerprint density at radius 1 is 1.00 bits per heavy atom. The predicted octanol–water partition coefficient (Wildman–Crippen LogP) is 2.74. The summed E-state index contributed by atoms with van der Waals surface area (Å²) in [7, 11) is 0. The number of rotatable bonds is 3. The van der Waals surface area contributed by atoms with Gasteiger partial charge in [-0.15, -0.1) is 0 Å². The van der Waals surface area contributed by atoms with Gasteiger partial charge in [0, 0.05) is 0 Å². The lowest BCUT2D eigenvalue weighted by atomic mass is 9.92. The Morgan fingerprint density at radius 3 is 2.11 bits per heavy atom. The van der Waals surface area contributed by atoms with Gasteiger partial charge in [-0.3, -0.25) is 0 Å². The fraction of sp³-hybridized carbons (Fsp3) is 0.133. The average molecular weight is 240 g/mol. The predicted molar refractivity (Wildman–Crippen MR) is 66.0 cm³/mol. The molecule has 0 radical (unpaired) electrons. The molecule has 0 unspecified atom stereocenters. The molecule has 2 aromatic carbocycles. The van der Waals surface area contributed by atoms with Gasteiger partial charge in [-0.1, -0.05) is 60.7 Å². The van der Waals surface area contributed by atoms with Crippen LogP contribution in [-0.4, -0.2) is 11.1 Å². The van der Waals surface area contributed by atoms with Crippen LogP contribution in [0.1, 0.15) is 17.2 Å². The molecular formula is C15H12O3. The second-order valence-corrected chi connectivity index (χ2v) is 4.32. The molecule has 1 aliphatic rings. The minimum absolute atomic E-state index is 0.404. The van der Waals surface area contributed by atoms with Gasteiger partial charge in [0.1, 0.15) is 6.10 Å². The smallest absolute Gasteiger partial charge is 0.343 e. The van der Waals surface area contributed by atoms with Crippen LogP contribution in [0.25, 0.3) is 0 Å². The van der Waals surface area contributed by atoms with Gasteiger partial charge in [0.2, 0.25) is 5.60 Å². The minimum Gasteiger partial charge on any atom is -0.479 e. The quantitative estimate of drug-likeness (QED) is 0.839. The van der Waals surface area contributed by atoms with Gasteiger partial charge >= 0.3 is 5.97 Å². The van der Waals surface area contributed by atoms with Crippen molar-refractivity contribution in [2.75, 3.05) is 0 Å². The monoisotopic (exact) mass is 240 g/mol. The third-order valence-electron chi connectivity index (χ3n) is 3.24. The zero-order valence-corrected chi connectivity index (χ0v) is 9.61. The number of hydrogen-bond donors (Lipinski definition) is 1. The van der Waals surface area contributed by atoms with Crippen LogP contribution >= 0.6 is 0 Å². The van der Waals surface area contributed by atoms with E-state index in [-0.39, 0.29) is 0 Å². The molecule has 90 valence electrons. The Balaban J connectivity index is 2.01. The maximum atomic E-state index is 11.5. The second kappa shape index (κ2) is 3.96. The van der Waals surface area contributed by atoms with Crippen LogP contribution in [0.5, 0.6) is 0 Å². The molecule has 2 atom stereocenters. The molecule has 0 bridgehead atoms. The molecule has 3 heteroatoms. The summed E-state index contributed by atoms with van der Waals surface area (Å²) in [4.78, 5) is 11.5. The summed E-state index contributed by atoms with van der Waals surface area (Å²) < 4.78 is 5.54. The van der Waals surface area contributed by atoms with Crippen molar-refractivity contribution < 1.29 is 14.6 Å². The number of carboxylic acids is 1. The molecule has 0 amide bonds. The number of epoxide rings is 1. The Hall–Kier alpha value is -2.13. The summed E-state index contributed by atoms with van der Waals surface area (Å²) in [6.45, 7) is 0. The van der Waals surface area contributed by atoms with Crippen LogP contribution < -0.4 is 0 Å². The highest BCUT2D eigenvalue weighted by atomic mass is 16.6. The molecule has 0 saturated carbocycles. The molecule has 0 aliphatic carbocycles. The summed E-state index contributed by atoms with van der Waals surface area (Å²) in [6.07, 6.45) is -0.404. The molecule has 3 nitrogen and oxygen atoms in total. The van der Waals surface area contributed by atoms with E-state index in [1.807, 2.05) is 48.5 Å². The van der Waals surface area contributed by atoms with Crippen molar-refractivity contribution >= 4 is 5.97 Å². The standard InChI is InChI=1S/C15H12O3/c16-14(17)15(12-9-5-2-6-10-12)13(18-15)11-7-3-1-4-8-11/h1-10,13H,(H,16,17)/t13-,15-/m0/s1. The van der Waals surface area contributed by atoms with Gasteiger partial charge in [0.05, 0.1) is 0 Å². The molecule has 1 heterocycles. The van der Waals surface area contributed by atoms with Crippen LogP contribution in [0.2, 0.25) is 0 Å². The summed E-state index contributed by atoms with van der Waals surface area (Å²) in [6, 6.07) is 18.5. The SMILES string of the molecule is O=C(O)[C@@]1(c2ccccc2)O[C@H]1c1ccccc1. The number of carboxylic acid groups (broad SMARTS) is 1. The van der Waals surface area contributed by atoms with E-state index in [4.69, 9.17) is 4.74 Å². The van der Waals surface area contributed by atoms with E-state index in [0.29, 0.717) is 5.56 Å². The largest absolute Gasteiger partial charge is 0.479 e. The van der Waals surface area contributed by atoms with E-state index in [9.17, 15) is 9.90 Å². The Labute approximate surface area is 105 Å². The third-order valence-corrected chi connectivity index (χ3v) is 3.24. The number of benzene rings is 2. The van der Waals surface area contributed by atoms with E-state index in [0.717, 1.165) is 5.56 Å². The highest BCUT2D eigenvalue weighted by molar-refractivity contribution is 5.84. The van der Waals surface area contributed by atoms with Crippen molar-refractivity contribution in [3.63, 3.8) is 0 Å². The lowest BCUT2D eigenvalue weighted by molar-refractivity contribution is -0.143. The Bertz CT molecular complexity index is 565. The molecule has 3 rings (SSSR count). The van der Waals surface area contributed by atoms with Gasteiger partial charge in [-0.2, -0.15) is 0 Å². The maximum Gasteiger partial charge on any atom is 0.343 e. The zero-order chi connectivity index (χ0) is 12.6. The second-order valence-electron chi connectivity index (χ2n) is 4.32. The van der Waals surface area contributed by atoms with E-state index in [2.05, 4.69) is 0 Å².